The summed E-state index contributed by atoms with van der Waals surface area (Å²) in [4.78, 5) is 14.9. The molecule has 1 saturated heterocycles. The summed E-state index contributed by atoms with van der Waals surface area (Å²) in [7, 11) is 0. The van der Waals surface area contributed by atoms with Crippen LogP contribution in [0.5, 0.6) is 17.2 Å². The van der Waals surface area contributed by atoms with Crippen molar-refractivity contribution >= 4 is 5.91 Å². The van der Waals surface area contributed by atoms with Gasteiger partial charge in [0.15, 0.2) is 11.5 Å². The van der Waals surface area contributed by atoms with E-state index in [-0.39, 0.29) is 12.0 Å². The van der Waals surface area contributed by atoms with Crippen LogP contribution in [0.4, 0.5) is 0 Å². The molecule has 1 heterocycles. The van der Waals surface area contributed by atoms with Gasteiger partial charge in [-0.15, -0.1) is 0 Å². The molecule has 5 heteroatoms. The highest BCUT2D eigenvalue weighted by Gasteiger charge is 2.26. The van der Waals surface area contributed by atoms with E-state index in [1.807, 2.05) is 36.9 Å². The van der Waals surface area contributed by atoms with E-state index in [1.165, 1.54) is 0 Å². The van der Waals surface area contributed by atoms with Crippen molar-refractivity contribution in [2.24, 2.45) is 0 Å². The van der Waals surface area contributed by atoms with Crippen LogP contribution in [0.2, 0.25) is 0 Å². The molecular weight excluding hydrogens is 366 g/mol. The Morgan fingerprint density at radius 3 is 2.21 bits per heavy atom. The van der Waals surface area contributed by atoms with Crippen molar-refractivity contribution < 1.29 is 19.0 Å². The summed E-state index contributed by atoms with van der Waals surface area (Å²) in [6, 6.07) is 11.6. The van der Waals surface area contributed by atoms with E-state index in [0.717, 1.165) is 29.7 Å². The summed E-state index contributed by atoms with van der Waals surface area (Å²) >= 11 is 0. The number of piperidine rings is 1. The SMILES string of the molecule is CCOc1ccc(C(=O)N2CCC(Oc3c(C)cccc3C)CC2)cc1OCC. The quantitative estimate of drug-likeness (QED) is 0.674. The molecule has 3 rings (SSSR count). The molecule has 0 atom stereocenters. The molecule has 156 valence electrons. The summed E-state index contributed by atoms with van der Waals surface area (Å²) in [6.45, 7) is 10.5. The lowest BCUT2D eigenvalue weighted by atomic mass is 10.0. The van der Waals surface area contributed by atoms with Crippen molar-refractivity contribution in [3.8, 4) is 17.2 Å². The Labute approximate surface area is 173 Å². The number of hydrogen-bond acceptors (Lipinski definition) is 4. The molecule has 0 bridgehead atoms. The van der Waals surface area contributed by atoms with Gasteiger partial charge in [0.25, 0.3) is 5.91 Å². The Balaban J connectivity index is 1.63. The number of carbonyl (C=O) groups is 1. The second kappa shape index (κ2) is 9.68. The molecule has 2 aromatic rings. The lowest BCUT2D eigenvalue weighted by Gasteiger charge is -2.33. The van der Waals surface area contributed by atoms with Gasteiger partial charge in [-0.2, -0.15) is 0 Å². The van der Waals surface area contributed by atoms with Gasteiger partial charge < -0.3 is 19.1 Å². The van der Waals surface area contributed by atoms with Crippen LogP contribution < -0.4 is 14.2 Å². The first-order chi connectivity index (χ1) is 14.0. The molecule has 0 unspecified atom stereocenters. The largest absolute Gasteiger partial charge is 0.490 e. The van der Waals surface area contributed by atoms with Gasteiger partial charge in [0, 0.05) is 31.5 Å². The van der Waals surface area contributed by atoms with Crippen molar-refractivity contribution in [2.45, 2.75) is 46.6 Å². The highest BCUT2D eigenvalue weighted by molar-refractivity contribution is 5.95. The average Bonchev–Trinajstić information content (AvgIpc) is 2.72. The normalized spacial score (nSPS) is 14.6. The predicted molar refractivity (Wildman–Crippen MR) is 114 cm³/mol. The van der Waals surface area contributed by atoms with Gasteiger partial charge >= 0.3 is 0 Å². The molecule has 29 heavy (non-hydrogen) atoms. The lowest BCUT2D eigenvalue weighted by Crippen LogP contribution is -2.41. The van der Waals surface area contributed by atoms with E-state index in [4.69, 9.17) is 14.2 Å². The van der Waals surface area contributed by atoms with Gasteiger partial charge in [0.1, 0.15) is 11.9 Å². The van der Waals surface area contributed by atoms with Gasteiger partial charge in [-0.1, -0.05) is 18.2 Å². The zero-order valence-corrected chi connectivity index (χ0v) is 17.9. The fourth-order valence-electron chi connectivity index (χ4n) is 3.70. The van der Waals surface area contributed by atoms with Gasteiger partial charge in [-0.05, 0) is 57.0 Å². The fraction of sp³-hybridized carbons (Fsp3) is 0.458. The number of likely N-dealkylation sites (tertiary alicyclic amines) is 1. The van der Waals surface area contributed by atoms with Gasteiger partial charge in [-0.25, -0.2) is 0 Å². The summed E-state index contributed by atoms with van der Waals surface area (Å²) in [5.41, 5.74) is 2.94. The van der Waals surface area contributed by atoms with Crippen LogP contribution in [0.1, 0.15) is 48.2 Å². The first-order valence-corrected chi connectivity index (χ1v) is 10.4. The Bertz CT molecular complexity index is 821. The van der Waals surface area contributed by atoms with E-state index < -0.39 is 0 Å². The third-order valence-corrected chi connectivity index (χ3v) is 5.21. The number of ether oxygens (including phenoxy) is 3. The number of aryl methyl sites for hydroxylation is 2. The van der Waals surface area contributed by atoms with E-state index in [2.05, 4.69) is 26.0 Å². The van der Waals surface area contributed by atoms with Crippen LogP contribution in [0, 0.1) is 13.8 Å². The summed E-state index contributed by atoms with van der Waals surface area (Å²) in [5, 5.41) is 0. The molecule has 0 N–H and O–H groups in total. The second-order valence-electron chi connectivity index (χ2n) is 7.36. The fourth-order valence-corrected chi connectivity index (χ4v) is 3.70. The molecule has 5 nitrogen and oxygen atoms in total. The molecule has 1 amide bonds. The molecule has 0 saturated carbocycles. The first-order valence-electron chi connectivity index (χ1n) is 10.4. The zero-order chi connectivity index (χ0) is 20.8. The number of benzene rings is 2. The number of hydrogen-bond donors (Lipinski definition) is 0. The van der Waals surface area contributed by atoms with Crippen LogP contribution in [-0.2, 0) is 0 Å². The predicted octanol–water partition coefficient (Wildman–Crippen LogP) is 4.78. The van der Waals surface area contributed by atoms with Crippen molar-refractivity contribution in [1.82, 2.24) is 4.90 Å². The molecule has 0 aromatic heterocycles. The second-order valence-corrected chi connectivity index (χ2v) is 7.36. The average molecular weight is 398 g/mol. The van der Waals surface area contributed by atoms with Crippen molar-refractivity contribution in [1.29, 1.82) is 0 Å². The Kier molecular flexibility index (Phi) is 7.02. The number of nitrogens with zero attached hydrogens (tertiary/aromatic N) is 1. The van der Waals surface area contributed by atoms with Crippen LogP contribution in [0.15, 0.2) is 36.4 Å². The van der Waals surface area contributed by atoms with Gasteiger partial charge in [-0.3, -0.25) is 4.79 Å². The number of amides is 1. The smallest absolute Gasteiger partial charge is 0.253 e. The van der Waals surface area contributed by atoms with Crippen molar-refractivity contribution in [3.05, 3.63) is 53.1 Å². The first kappa shape index (κ1) is 21.0. The van der Waals surface area contributed by atoms with E-state index >= 15 is 0 Å². The third kappa shape index (κ3) is 5.03. The molecule has 1 aliphatic rings. The Morgan fingerprint density at radius 1 is 0.966 bits per heavy atom. The maximum atomic E-state index is 13.0. The number of rotatable bonds is 7. The number of para-hydroxylation sites is 1. The molecule has 1 aliphatic heterocycles. The molecule has 0 aliphatic carbocycles. The minimum Gasteiger partial charge on any atom is -0.490 e. The lowest BCUT2D eigenvalue weighted by molar-refractivity contribution is 0.0592. The van der Waals surface area contributed by atoms with E-state index in [1.54, 1.807) is 6.07 Å². The Morgan fingerprint density at radius 2 is 1.59 bits per heavy atom. The zero-order valence-electron chi connectivity index (χ0n) is 17.9. The van der Waals surface area contributed by atoms with Crippen LogP contribution >= 0.6 is 0 Å². The van der Waals surface area contributed by atoms with Crippen LogP contribution in [-0.4, -0.2) is 43.2 Å². The van der Waals surface area contributed by atoms with Crippen molar-refractivity contribution in [3.63, 3.8) is 0 Å². The molecule has 1 fully saturated rings. The maximum absolute atomic E-state index is 13.0. The number of carbonyl (C=O) groups excluding carboxylic acids is 1. The maximum Gasteiger partial charge on any atom is 0.253 e. The standard InChI is InChI=1S/C24H31NO4/c1-5-27-21-11-10-19(16-22(21)28-6-2)24(26)25-14-12-20(13-15-25)29-23-17(3)8-7-9-18(23)4/h7-11,16,20H,5-6,12-15H2,1-4H3. The summed E-state index contributed by atoms with van der Waals surface area (Å²) < 4.78 is 17.5. The third-order valence-electron chi connectivity index (χ3n) is 5.21. The van der Waals surface area contributed by atoms with Gasteiger partial charge in [0.05, 0.1) is 13.2 Å². The molecule has 0 radical (unpaired) electrons. The van der Waals surface area contributed by atoms with E-state index in [9.17, 15) is 4.79 Å². The highest BCUT2D eigenvalue weighted by Crippen LogP contribution is 2.30. The van der Waals surface area contributed by atoms with E-state index in [0.29, 0.717) is 43.4 Å². The summed E-state index contributed by atoms with van der Waals surface area (Å²) in [6.07, 6.45) is 1.79. The minimum absolute atomic E-state index is 0.0273. The molecule has 0 spiro atoms. The monoisotopic (exact) mass is 397 g/mol. The Hall–Kier alpha value is -2.69. The summed E-state index contributed by atoms with van der Waals surface area (Å²) in [5.74, 6) is 2.30. The van der Waals surface area contributed by atoms with Crippen LogP contribution in [0.25, 0.3) is 0 Å². The molecular formula is C24H31NO4. The highest BCUT2D eigenvalue weighted by atomic mass is 16.5. The minimum atomic E-state index is 0.0273. The molecule has 2 aromatic carbocycles. The van der Waals surface area contributed by atoms with Crippen molar-refractivity contribution in [2.75, 3.05) is 26.3 Å². The van der Waals surface area contributed by atoms with Crippen LogP contribution in [0.3, 0.4) is 0 Å². The van der Waals surface area contributed by atoms with Gasteiger partial charge in [0.2, 0.25) is 0 Å². The topological polar surface area (TPSA) is 48.0 Å².